The van der Waals surface area contributed by atoms with E-state index in [2.05, 4.69) is 5.32 Å². The smallest absolute Gasteiger partial charge is 0.391 e. The highest BCUT2D eigenvalue weighted by Gasteiger charge is 2.46. The Bertz CT molecular complexity index is 574. The van der Waals surface area contributed by atoms with Crippen molar-refractivity contribution in [3.05, 3.63) is 24.3 Å². The van der Waals surface area contributed by atoms with Crippen LogP contribution in [-0.2, 0) is 9.84 Å². The van der Waals surface area contributed by atoms with Gasteiger partial charge in [0.25, 0.3) is 9.84 Å². The molecule has 1 aromatic rings. The minimum Gasteiger partial charge on any atom is -0.391 e. The topological polar surface area (TPSA) is 66.4 Å². The lowest BCUT2D eigenvalue weighted by atomic mass is 9.89. The number of alkyl halides is 3. The van der Waals surface area contributed by atoms with E-state index in [-0.39, 0.29) is 12.0 Å². The van der Waals surface area contributed by atoms with Gasteiger partial charge in [-0.05, 0) is 29.7 Å². The van der Waals surface area contributed by atoms with Crippen molar-refractivity contribution in [3.8, 4) is 0 Å². The van der Waals surface area contributed by atoms with Crippen LogP contribution >= 0.6 is 0 Å². The summed E-state index contributed by atoms with van der Waals surface area (Å²) in [6, 6.07) is 4.23. The van der Waals surface area contributed by atoms with Crippen molar-refractivity contribution in [2.24, 2.45) is 5.41 Å². The number of anilines is 1. The van der Waals surface area contributed by atoms with Crippen LogP contribution in [0.4, 0.5) is 18.9 Å². The van der Waals surface area contributed by atoms with E-state index in [0.717, 1.165) is 12.1 Å². The summed E-state index contributed by atoms with van der Waals surface area (Å²) in [5, 5.41) is 12.7. The molecule has 0 aliphatic heterocycles. The molecule has 0 saturated carbocycles. The monoisotopic (exact) mass is 325 g/mol. The van der Waals surface area contributed by atoms with E-state index in [1.165, 1.54) is 12.1 Å². The molecule has 2 N–H and O–H groups in total. The molecule has 0 fully saturated rings. The van der Waals surface area contributed by atoms with Crippen LogP contribution in [0.5, 0.6) is 0 Å². The summed E-state index contributed by atoms with van der Waals surface area (Å²) in [6.45, 7) is 5.74. The van der Waals surface area contributed by atoms with Crippen LogP contribution in [0.2, 0.25) is 0 Å². The second-order valence-corrected chi connectivity index (χ2v) is 7.68. The average molecular weight is 325 g/mol. The van der Waals surface area contributed by atoms with Crippen molar-refractivity contribution < 1.29 is 26.7 Å². The van der Waals surface area contributed by atoms with Crippen LogP contribution in [-0.4, -0.2) is 31.7 Å². The fraction of sp³-hybridized carbons (Fsp3) is 0.538. The summed E-state index contributed by atoms with van der Waals surface area (Å²) in [4.78, 5) is -0.808. The zero-order chi connectivity index (χ0) is 16.5. The molecule has 0 spiro atoms. The number of sulfone groups is 1. The maximum atomic E-state index is 12.4. The van der Waals surface area contributed by atoms with E-state index in [1.807, 2.05) is 20.8 Å². The Labute approximate surface area is 121 Å². The number of aliphatic hydroxyl groups excluding tert-OH is 1. The third kappa shape index (κ3) is 4.34. The highest BCUT2D eigenvalue weighted by atomic mass is 32.2. The summed E-state index contributed by atoms with van der Waals surface area (Å²) in [5.74, 6) is 0. The minimum atomic E-state index is -5.32. The molecular weight excluding hydrogens is 307 g/mol. The Hall–Kier alpha value is -1.28. The second-order valence-electron chi connectivity index (χ2n) is 5.74. The Morgan fingerprint density at radius 2 is 1.62 bits per heavy atom. The molecule has 8 heteroatoms. The molecule has 0 bridgehead atoms. The largest absolute Gasteiger partial charge is 0.501 e. The molecular formula is C13H18F3NO3S. The lowest BCUT2D eigenvalue weighted by Gasteiger charge is -2.26. The van der Waals surface area contributed by atoms with Gasteiger partial charge >= 0.3 is 5.51 Å². The first kappa shape index (κ1) is 17.8. The molecule has 1 unspecified atom stereocenters. The number of hydrogen-bond donors (Lipinski definition) is 2. The molecule has 120 valence electrons. The Morgan fingerprint density at radius 3 is 2.00 bits per heavy atom. The molecule has 1 atom stereocenters. The number of hydrogen-bond acceptors (Lipinski definition) is 4. The van der Waals surface area contributed by atoms with Crippen molar-refractivity contribution in [2.75, 3.05) is 11.9 Å². The van der Waals surface area contributed by atoms with Gasteiger partial charge < -0.3 is 10.4 Å². The molecule has 4 nitrogen and oxygen atoms in total. The van der Waals surface area contributed by atoms with Gasteiger partial charge in [-0.3, -0.25) is 0 Å². The van der Waals surface area contributed by atoms with Gasteiger partial charge in [-0.2, -0.15) is 13.2 Å². The van der Waals surface area contributed by atoms with Crippen molar-refractivity contribution in [3.63, 3.8) is 0 Å². The van der Waals surface area contributed by atoms with E-state index in [0.29, 0.717) is 5.69 Å². The van der Waals surface area contributed by atoms with Gasteiger partial charge in [-0.1, -0.05) is 20.8 Å². The minimum absolute atomic E-state index is 0.203. The maximum Gasteiger partial charge on any atom is 0.501 e. The van der Waals surface area contributed by atoms with E-state index >= 15 is 0 Å². The van der Waals surface area contributed by atoms with Gasteiger partial charge in [0.1, 0.15) is 0 Å². The summed E-state index contributed by atoms with van der Waals surface area (Å²) < 4.78 is 59.5. The second kappa shape index (κ2) is 5.84. The summed E-state index contributed by atoms with van der Waals surface area (Å²) in [6.07, 6.45) is -0.656. The summed E-state index contributed by atoms with van der Waals surface area (Å²) in [7, 11) is -5.32. The molecule has 1 aromatic carbocycles. The molecule has 1 rings (SSSR count). The first-order valence-electron chi connectivity index (χ1n) is 6.19. The standard InChI is InChI=1S/C13H18F3NO3S/c1-12(2,3)11(18)8-17-9-4-6-10(7-5-9)21(19,20)13(14,15)16/h4-7,11,17-18H,8H2,1-3H3. The summed E-state index contributed by atoms with van der Waals surface area (Å²) in [5.41, 5.74) is -5.23. The molecule has 0 amide bonds. The Kier molecular flexibility index (Phi) is 4.94. The van der Waals surface area contributed by atoms with Gasteiger partial charge in [0.15, 0.2) is 0 Å². The lowest BCUT2D eigenvalue weighted by Crippen LogP contribution is -2.32. The maximum absolute atomic E-state index is 12.4. The predicted molar refractivity (Wildman–Crippen MR) is 73.6 cm³/mol. The van der Waals surface area contributed by atoms with E-state index < -0.39 is 26.3 Å². The molecule has 0 aliphatic carbocycles. The zero-order valence-electron chi connectivity index (χ0n) is 11.9. The van der Waals surface area contributed by atoms with E-state index in [9.17, 15) is 26.7 Å². The fourth-order valence-corrected chi connectivity index (χ4v) is 2.17. The SMILES string of the molecule is CC(C)(C)C(O)CNc1ccc(S(=O)(=O)C(F)(F)F)cc1. The fourth-order valence-electron chi connectivity index (χ4n) is 1.41. The summed E-state index contributed by atoms with van der Waals surface area (Å²) >= 11 is 0. The van der Waals surface area contributed by atoms with Crippen LogP contribution in [0, 0.1) is 5.41 Å². The van der Waals surface area contributed by atoms with Crippen LogP contribution in [0.3, 0.4) is 0 Å². The number of halogens is 3. The molecule has 0 aromatic heterocycles. The molecule has 0 heterocycles. The van der Waals surface area contributed by atoms with Crippen LogP contribution in [0.1, 0.15) is 20.8 Å². The number of nitrogens with one attached hydrogen (secondary N) is 1. The van der Waals surface area contributed by atoms with Crippen molar-refractivity contribution >= 4 is 15.5 Å². The predicted octanol–water partition coefficient (Wildman–Crippen LogP) is 2.80. The van der Waals surface area contributed by atoms with Gasteiger partial charge in [-0.15, -0.1) is 0 Å². The zero-order valence-corrected chi connectivity index (χ0v) is 12.7. The lowest BCUT2D eigenvalue weighted by molar-refractivity contribution is -0.0436. The first-order valence-corrected chi connectivity index (χ1v) is 7.67. The quantitative estimate of drug-likeness (QED) is 0.893. The van der Waals surface area contributed by atoms with Gasteiger partial charge in [0, 0.05) is 12.2 Å². The highest BCUT2D eigenvalue weighted by Crippen LogP contribution is 2.30. The Balaban J connectivity index is 2.81. The van der Waals surface area contributed by atoms with E-state index in [1.54, 1.807) is 0 Å². The van der Waals surface area contributed by atoms with Gasteiger partial charge in [0.05, 0.1) is 11.0 Å². The third-order valence-electron chi connectivity index (χ3n) is 2.97. The molecule has 21 heavy (non-hydrogen) atoms. The normalized spacial score (nSPS) is 14.8. The van der Waals surface area contributed by atoms with Crippen molar-refractivity contribution in [1.29, 1.82) is 0 Å². The van der Waals surface area contributed by atoms with Crippen LogP contribution < -0.4 is 5.32 Å². The van der Waals surface area contributed by atoms with Crippen LogP contribution in [0.25, 0.3) is 0 Å². The number of rotatable bonds is 4. The first-order chi connectivity index (χ1) is 9.35. The Morgan fingerprint density at radius 1 is 1.14 bits per heavy atom. The highest BCUT2D eigenvalue weighted by molar-refractivity contribution is 7.92. The average Bonchev–Trinajstić information content (AvgIpc) is 2.33. The van der Waals surface area contributed by atoms with Crippen LogP contribution in [0.15, 0.2) is 29.2 Å². The molecule has 0 saturated heterocycles. The van der Waals surface area contributed by atoms with Gasteiger partial charge in [-0.25, -0.2) is 8.42 Å². The van der Waals surface area contributed by atoms with Crippen molar-refractivity contribution in [1.82, 2.24) is 0 Å². The third-order valence-corrected chi connectivity index (χ3v) is 4.47. The molecule has 0 aliphatic rings. The number of aliphatic hydroxyl groups is 1. The number of benzene rings is 1. The van der Waals surface area contributed by atoms with Gasteiger partial charge in [0.2, 0.25) is 0 Å². The molecule has 0 radical (unpaired) electrons. The van der Waals surface area contributed by atoms with Crippen molar-refractivity contribution in [2.45, 2.75) is 37.3 Å². The van der Waals surface area contributed by atoms with E-state index in [4.69, 9.17) is 0 Å².